The number of carbonyl (C=O) groups is 1. The molecular weight excluding hydrogens is 505 g/mol. The molecule has 1 saturated heterocycles. The Morgan fingerprint density at radius 2 is 1.47 bits per heavy atom. The highest BCUT2D eigenvalue weighted by molar-refractivity contribution is 7.46. The third-order valence-corrected chi connectivity index (χ3v) is 8.02. The molecule has 0 spiro atoms. The van der Waals surface area contributed by atoms with E-state index >= 15 is 0 Å². The highest BCUT2D eigenvalue weighted by atomic mass is 31.2. The van der Waals surface area contributed by atoms with Crippen LogP contribution in [0.5, 0.6) is 0 Å². The van der Waals surface area contributed by atoms with E-state index in [4.69, 9.17) is 18.5 Å². The summed E-state index contributed by atoms with van der Waals surface area (Å²) < 4.78 is 34.1. The number of unbranched alkanes of at least 4 members (excludes halogenated alkanes) is 13. The van der Waals surface area contributed by atoms with Gasteiger partial charge in [0.05, 0.1) is 33.9 Å². The van der Waals surface area contributed by atoms with Crippen molar-refractivity contribution >= 4 is 13.8 Å². The van der Waals surface area contributed by atoms with Gasteiger partial charge in [-0.15, -0.1) is 0 Å². The molecule has 224 valence electrons. The first-order valence-corrected chi connectivity index (χ1v) is 16.4. The van der Waals surface area contributed by atoms with E-state index in [1.165, 1.54) is 90.2 Å². The monoisotopic (exact) mass is 561 g/mol. The maximum Gasteiger partial charge on any atom is 0.319 e. The molecule has 0 radical (unpaired) electrons. The third kappa shape index (κ3) is 16.9. The summed E-state index contributed by atoms with van der Waals surface area (Å²) in [7, 11) is -0.589. The Labute approximate surface area is 232 Å². The van der Waals surface area contributed by atoms with Gasteiger partial charge in [-0.25, -0.2) is 0 Å². The van der Waals surface area contributed by atoms with Gasteiger partial charge in [-0.2, -0.15) is 0 Å². The predicted molar refractivity (Wildman–Crippen MR) is 150 cm³/mol. The molecule has 0 aromatic rings. The normalized spacial score (nSPS) is 19.3. The lowest BCUT2D eigenvalue weighted by molar-refractivity contribution is -0.843. The Morgan fingerprint density at radius 1 is 0.947 bits per heavy atom. The van der Waals surface area contributed by atoms with Gasteiger partial charge >= 0.3 is 13.8 Å². The maximum absolute atomic E-state index is 12.3. The molecule has 0 aromatic carbocycles. The number of hydrogen-bond donors (Lipinski definition) is 0. The average Bonchev–Trinajstić information content (AvgIpc) is 3.19. The number of phosphoric acid groups is 1. The quantitative estimate of drug-likeness (QED) is 0.0435. The Kier molecular flexibility index (Phi) is 17.7. The summed E-state index contributed by atoms with van der Waals surface area (Å²) in [5, 5.41) is 0. The molecule has 1 heterocycles. The van der Waals surface area contributed by atoms with Crippen LogP contribution in [0, 0.1) is 0 Å². The molecule has 1 aliphatic heterocycles. The summed E-state index contributed by atoms with van der Waals surface area (Å²) in [5.41, 5.74) is -0.329. The number of esters is 1. The molecule has 8 nitrogen and oxygen atoms in total. The highest BCUT2D eigenvalue weighted by Crippen LogP contribution is 2.41. The number of hydrogen-bond acceptors (Lipinski definition) is 7. The first-order valence-electron chi connectivity index (χ1n) is 14.9. The number of phosphoric ester groups is 1. The first-order chi connectivity index (χ1) is 18.0. The highest BCUT2D eigenvalue weighted by Gasteiger charge is 2.32. The minimum atomic E-state index is -4.60. The van der Waals surface area contributed by atoms with Gasteiger partial charge in [0.2, 0.25) is 0 Å². The summed E-state index contributed by atoms with van der Waals surface area (Å²) >= 11 is 0. The number of ether oxygens (including phenoxy) is 2. The molecule has 0 aliphatic carbocycles. The Hall–Kier alpha value is -0.920. The molecule has 0 bridgehead atoms. The lowest BCUT2D eigenvalue weighted by atomic mass is 10.0. The van der Waals surface area contributed by atoms with Crippen LogP contribution in [-0.2, 0) is 27.9 Å². The second-order valence-electron chi connectivity index (χ2n) is 11.6. The molecule has 2 atom stereocenters. The van der Waals surface area contributed by atoms with Gasteiger partial charge in [0.15, 0.2) is 5.60 Å². The minimum absolute atomic E-state index is 0.0516. The second kappa shape index (κ2) is 19.2. The van der Waals surface area contributed by atoms with Crippen LogP contribution in [0.4, 0.5) is 0 Å². The van der Waals surface area contributed by atoms with Crippen molar-refractivity contribution in [3.8, 4) is 0 Å². The zero-order valence-electron chi connectivity index (χ0n) is 25.0. The summed E-state index contributed by atoms with van der Waals surface area (Å²) in [6.07, 6.45) is 21.1. The van der Waals surface area contributed by atoms with E-state index in [0.717, 1.165) is 37.9 Å². The van der Waals surface area contributed by atoms with Gasteiger partial charge in [-0.1, -0.05) is 90.4 Å². The first kappa shape index (κ1) is 35.1. The van der Waals surface area contributed by atoms with Crippen molar-refractivity contribution in [2.24, 2.45) is 0 Å². The van der Waals surface area contributed by atoms with Crippen molar-refractivity contribution in [3.63, 3.8) is 0 Å². The Balaban J connectivity index is 2.19. The van der Waals surface area contributed by atoms with E-state index < -0.39 is 19.4 Å². The number of rotatable bonds is 23. The lowest BCUT2D eigenvalue weighted by Gasteiger charge is -2.32. The van der Waals surface area contributed by atoms with E-state index in [1.807, 2.05) is 14.1 Å². The van der Waals surface area contributed by atoms with Gasteiger partial charge in [-0.3, -0.25) is 13.8 Å². The minimum Gasteiger partial charge on any atom is -0.746 e. The van der Waals surface area contributed by atoms with Crippen molar-refractivity contribution in [2.75, 3.05) is 40.5 Å². The molecule has 1 aliphatic rings. The molecule has 1 rings (SSSR count). The number of nitrogens with zero attached hydrogens (tertiary/aromatic N) is 1. The van der Waals surface area contributed by atoms with Crippen molar-refractivity contribution in [1.82, 2.24) is 0 Å². The fraction of sp³-hybridized carbons (Fsp3) is 0.897. The van der Waals surface area contributed by atoms with E-state index in [9.17, 15) is 14.3 Å². The summed E-state index contributed by atoms with van der Waals surface area (Å²) in [6.45, 7) is 6.29. The van der Waals surface area contributed by atoms with Crippen LogP contribution in [0.3, 0.4) is 0 Å². The SMILES string of the molecule is CCCCCCCCCCCCCCCCOCC(C)(COP(=O)([O-])OC=C1CCC[N+]1(C)C)OC(C)=O. The fourth-order valence-electron chi connectivity index (χ4n) is 4.81. The summed E-state index contributed by atoms with van der Waals surface area (Å²) in [5.74, 6) is -0.523. The van der Waals surface area contributed by atoms with Crippen molar-refractivity contribution in [2.45, 2.75) is 129 Å². The average molecular weight is 562 g/mol. The standard InChI is InChI=1S/C29H56NO7P/c1-6-7-8-9-10-11-12-13-14-15-16-17-18-19-23-34-25-29(3,37-27(2)31)26-36-38(32,33)35-24-28-21-20-22-30(28,4)5/h24H,6-23,25-26H2,1-5H3. The lowest BCUT2D eigenvalue weighted by Crippen LogP contribution is -2.41. The summed E-state index contributed by atoms with van der Waals surface area (Å²) in [6, 6.07) is 0. The van der Waals surface area contributed by atoms with Crippen molar-refractivity contribution in [3.05, 3.63) is 12.0 Å². The van der Waals surface area contributed by atoms with Crippen molar-refractivity contribution < 1.29 is 37.3 Å². The molecular formula is C29H56NO7P. The third-order valence-electron chi connectivity index (χ3n) is 7.21. The van der Waals surface area contributed by atoms with Crippen LogP contribution in [0.25, 0.3) is 0 Å². The molecule has 0 saturated carbocycles. The topological polar surface area (TPSA) is 94.1 Å². The van der Waals surface area contributed by atoms with Crippen LogP contribution < -0.4 is 4.89 Å². The fourth-order valence-corrected chi connectivity index (χ4v) is 5.55. The van der Waals surface area contributed by atoms with Crippen LogP contribution in [0.15, 0.2) is 12.0 Å². The van der Waals surface area contributed by atoms with Gasteiger partial charge in [0.1, 0.15) is 12.0 Å². The molecule has 1 fully saturated rings. The van der Waals surface area contributed by atoms with Crippen LogP contribution >= 0.6 is 7.82 Å². The van der Waals surface area contributed by atoms with Gasteiger partial charge < -0.3 is 23.4 Å². The van der Waals surface area contributed by atoms with E-state index in [-0.39, 0.29) is 13.2 Å². The zero-order valence-corrected chi connectivity index (χ0v) is 25.9. The molecule has 2 unspecified atom stereocenters. The molecule has 38 heavy (non-hydrogen) atoms. The largest absolute Gasteiger partial charge is 0.746 e. The van der Waals surface area contributed by atoms with Crippen LogP contribution in [0.2, 0.25) is 0 Å². The number of quaternary nitrogens is 1. The second-order valence-corrected chi connectivity index (χ2v) is 13.0. The van der Waals surface area contributed by atoms with Gasteiger partial charge in [-0.05, 0) is 13.3 Å². The maximum atomic E-state index is 12.3. The van der Waals surface area contributed by atoms with Crippen molar-refractivity contribution in [1.29, 1.82) is 0 Å². The number of allylic oxidation sites excluding steroid dienone is 1. The Bertz CT molecular complexity index is 728. The van der Waals surface area contributed by atoms with Crippen LogP contribution in [0.1, 0.15) is 124 Å². The van der Waals surface area contributed by atoms with E-state index in [1.54, 1.807) is 6.92 Å². The van der Waals surface area contributed by atoms with Crippen LogP contribution in [-0.4, -0.2) is 56.5 Å². The smallest absolute Gasteiger partial charge is 0.319 e. The predicted octanol–water partition coefficient (Wildman–Crippen LogP) is 7.02. The van der Waals surface area contributed by atoms with Gasteiger partial charge in [0.25, 0.3) is 0 Å². The molecule has 9 heteroatoms. The molecule has 0 N–H and O–H groups in total. The number of likely N-dealkylation sites (tertiary alicyclic amines) is 1. The van der Waals surface area contributed by atoms with Gasteiger partial charge in [0, 0.05) is 26.4 Å². The Morgan fingerprint density at radius 3 is 1.95 bits per heavy atom. The zero-order chi connectivity index (χ0) is 28.3. The van der Waals surface area contributed by atoms with E-state index in [0.29, 0.717) is 11.1 Å². The van der Waals surface area contributed by atoms with E-state index in [2.05, 4.69) is 6.92 Å². The molecule has 0 aromatic heterocycles. The number of carbonyl (C=O) groups excluding carboxylic acids is 1. The summed E-state index contributed by atoms with van der Waals surface area (Å²) in [4.78, 5) is 23.9. The molecule has 0 amide bonds.